The molecule has 1 aromatic rings. The van der Waals surface area contributed by atoms with Crippen molar-refractivity contribution in [2.45, 2.75) is 0 Å². The van der Waals surface area contributed by atoms with E-state index in [0.29, 0.717) is 6.54 Å². The molecule has 0 saturated carbocycles. The van der Waals surface area contributed by atoms with Gasteiger partial charge >= 0.3 is 0 Å². The Morgan fingerprint density at radius 1 is 1.38 bits per heavy atom. The van der Waals surface area contributed by atoms with E-state index in [1.54, 1.807) is 0 Å². The van der Waals surface area contributed by atoms with Crippen molar-refractivity contribution in [2.24, 2.45) is 0 Å². The van der Waals surface area contributed by atoms with Crippen molar-refractivity contribution in [3.05, 3.63) is 35.4 Å². The summed E-state index contributed by atoms with van der Waals surface area (Å²) >= 11 is 0. The Kier molecular flexibility index (Phi) is 3.64. The average Bonchev–Trinajstić information content (AvgIpc) is 2.19. The van der Waals surface area contributed by atoms with E-state index in [1.807, 2.05) is 31.3 Å². The molecule has 1 aromatic carbocycles. The van der Waals surface area contributed by atoms with E-state index in [1.165, 1.54) is 0 Å². The van der Waals surface area contributed by atoms with Gasteiger partial charge in [0.05, 0.1) is 6.54 Å². The molecule has 1 nitrogen and oxygen atoms in total. The van der Waals surface area contributed by atoms with Gasteiger partial charge < -0.3 is 5.32 Å². The third kappa shape index (κ3) is 3.03. The maximum atomic E-state index is 5.26. The zero-order valence-corrected chi connectivity index (χ0v) is 7.59. The van der Waals surface area contributed by atoms with Crippen molar-refractivity contribution in [1.82, 2.24) is 5.32 Å². The van der Waals surface area contributed by atoms with Gasteiger partial charge in [0.1, 0.15) is 0 Å². The first-order chi connectivity index (χ1) is 6.36. The zero-order valence-electron chi connectivity index (χ0n) is 7.59. The molecule has 1 rings (SSSR count). The first-order valence-electron chi connectivity index (χ1n) is 4.07. The van der Waals surface area contributed by atoms with E-state index < -0.39 is 0 Å². The van der Waals surface area contributed by atoms with Gasteiger partial charge in [0.2, 0.25) is 0 Å². The van der Waals surface area contributed by atoms with Gasteiger partial charge in [-0.25, -0.2) is 0 Å². The van der Waals surface area contributed by atoms with Crippen LogP contribution in [0.25, 0.3) is 0 Å². The maximum Gasteiger partial charge on any atom is 0.0577 e. The Balaban J connectivity index is 2.81. The molecule has 0 spiro atoms. The van der Waals surface area contributed by atoms with Crippen LogP contribution in [-0.4, -0.2) is 13.6 Å². The van der Waals surface area contributed by atoms with Crippen molar-refractivity contribution in [2.75, 3.05) is 13.6 Å². The molecular weight excluding hydrogens is 158 g/mol. The molecule has 0 bridgehead atoms. The van der Waals surface area contributed by atoms with Gasteiger partial charge in [-0.3, -0.25) is 0 Å². The summed E-state index contributed by atoms with van der Waals surface area (Å²) in [4.78, 5) is 0. The minimum absolute atomic E-state index is 0.695. The van der Waals surface area contributed by atoms with Crippen LogP contribution in [0.1, 0.15) is 11.1 Å². The van der Waals surface area contributed by atoms with Gasteiger partial charge in [-0.15, -0.1) is 6.42 Å². The fourth-order valence-electron chi connectivity index (χ4n) is 0.921. The molecule has 64 valence electrons. The third-order valence-corrected chi connectivity index (χ3v) is 1.53. The highest BCUT2D eigenvalue weighted by Gasteiger charge is 1.87. The molecule has 0 aliphatic rings. The molecule has 0 aliphatic heterocycles. The second-order valence-corrected chi connectivity index (χ2v) is 2.56. The SMILES string of the molecule is C#Cc1cccc(C#CCNC)c1. The minimum Gasteiger partial charge on any atom is -0.309 e. The lowest BCUT2D eigenvalue weighted by Gasteiger charge is -1.91. The molecule has 0 aromatic heterocycles. The Bertz CT molecular complexity index is 374. The Hall–Kier alpha value is -1.70. The van der Waals surface area contributed by atoms with Crippen LogP contribution in [-0.2, 0) is 0 Å². The number of benzene rings is 1. The van der Waals surface area contributed by atoms with Gasteiger partial charge in [0.15, 0.2) is 0 Å². The highest BCUT2D eigenvalue weighted by molar-refractivity contribution is 5.42. The molecule has 0 heterocycles. The molecule has 0 unspecified atom stereocenters. The van der Waals surface area contributed by atoms with E-state index >= 15 is 0 Å². The van der Waals surface area contributed by atoms with Crippen LogP contribution < -0.4 is 5.32 Å². The minimum atomic E-state index is 0.695. The molecule has 0 saturated heterocycles. The van der Waals surface area contributed by atoms with Gasteiger partial charge in [0.25, 0.3) is 0 Å². The maximum absolute atomic E-state index is 5.26. The summed E-state index contributed by atoms with van der Waals surface area (Å²) in [7, 11) is 1.87. The summed E-state index contributed by atoms with van der Waals surface area (Å²) in [5, 5.41) is 2.95. The van der Waals surface area contributed by atoms with Gasteiger partial charge in [0, 0.05) is 11.1 Å². The zero-order chi connectivity index (χ0) is 9.52. The summed E-state index contributed by atoms with van der Waals surface area (Å²) in [6.07, 6.45) is 5.26. The van der Waals surface area contributed by atoms with Crippen LogP contribution in [0, 0.1) is 24.2 Å². The van der Waals surface area contributed by atoms with E-state index in [2.05, 4.69) is 23.1 Å². The summed E-state index contributed by atoms with van der Waals surface area (Å²) < 4.78 is 0. The number of hydrogen-bond acceptors (Lipinski definition) is 1. The number of hydrogen-bond donors (Lipinski definition) is 1. The Morgan fingerprint density at radius 3 is 2.85 bits per heavy atom. The molecule has 13 heavy (non-hydrogen) atoms. The molecule has 0 radical (unpaired) electrons. The van der Waals surface area contributed by atoms with Gasteiger partial charge in [-0.2, -0.15) is 0 Å². The Labute approximate surface area is 79.2 Å². The molecule has 0 atom stereocenters. The van der Waals surface area contributed by atoms with Crippen molar-refractivity contribution >= 4 is 0 Å². The smallest absolute Gasteiger partial charge is 0.0577 e. The van der Waals surface area contributed by atoms with Crippen LogP contribution in [0.5, 0.6) is 0 Å². The summed E-state index contributed by atoms with van der Waals surface area (Å²) in [6.45, 7) is 0.695. The van der Waals surface area contributed by atoms with E-state index in [0.717, 1.165) is 11.1 Å². The second kappa shape index (κ2) is 5.04. The van der Waals surface area contributed by atoms with Crippen LogP contribution in [0.4, 0.5) is 0 Å². The molecular formula is C12H11N. The molecule has 0 aliphatic carbocycles. The van der Waals surface area contributed by atoms with E-state index in [-0.39, 0.29) is 0 Å². The van der Waals surface area contributed by atoms with Crippen molar-refractivity contribution in [3.63, 3.8) is 0 Å². The number of nitrogens with one attached hydrogen (secondary N) is 1. The summed E-state index contributed by atoms with van der Waals surface area (Å²) in [6, 6.07) is 7.66. The van der Waals surface area contributed by atoms with E-state index in [9.17, 15) is 0 Å². The van der Waals surface area contributed by atoms with Gasteiger partial charge in [-0.1, -0.05) is 23.8 Å². The fourth-order valence-corrected chi connectivity index (χ4v) is 0.921. The quantitative estimate of drug-likeness (QED) is 0.624. The monoisotopic (exact) mass is 169 g/mol. The fraction of sp³-hybridized carbons (Fsp3) is 0.167. The van der Waals surface area contributed by atoms with Crippen LogP contribution in [0.2, 0.25) is 0 Å². The van der Waals surface area contributed by atoms with Crippen LogP contribution in [0.15, 0.2) is 24.3 Å². The lowest BCUT2D eigenvalue weighted by atomic mass is 10.1. The van der Waals surface area contributed by atoms with Gasteiger partial charge in [-0.05, 0) is 25.2 Å². The molecule has 0 fully saturated rings. The highest BCUT2D eigenvalue weighted by atomic mass is 14.8. The molecule has 1 N–H and O–H groups in total. The highest BCUT2D eigenvalue weighted by Crippen LogP contribution is 2.01. The van der Waals surface area contributed by atoms with Crippen molar-refractivity contribution < 1.29 is 0 Å². The largest absolute Gasteiger partial charge is 0.309 e. The predicted octanol–water partition coefficient (Wildman–Crippen LogP) is 1.24. The normalized spacial score (nSPS) is 8.31. The second-order valence-electron chi connectivity index (χ2n) is 2.56. The first kappa shape index (κ1) is 9.39. The molecule has 1 heteroatoms. The predicted molar refractivity (Wildman–Crippen MR) is 55.2 cm³/mol. The topological polar surface area (TPSA) is 12.0 Å². The average molecular weight is 169 g/mol. The molecule has 0 amide bonds. The standard InChI is InChI=1S/C12H11N/c1-3-11-6-4-7-12(10-11)8-5-9-13-2/h1,4,6-7,10,13H,9H2,2H3. The summed E-state index contributed by atoms with van der Waals surface area (Å²) in [5.74, 6) is 8.56. The number of rotatable bonds is 1. The van der Waals surface area contributed by atoms with Crippen LogP contribution in [0.3, 0.4) is 0 Å². The van der Waals surface area contributed by atoms with Crippen LogP contribution >= 0.6 is 0 Å². The van der Waals surface area contributed by atoms with Crippen molar-refractivity contribution in [3.8, 4) is 24.2 Å². The summed E-state index contributed by atoms with van der Waals surface area (Å²) in [5.41, 5.74) is 1.84. The van der Waals surface area contributed by atoms with Crippen molar-refractivity contribution in [1.29, 1.82) is 0 Å². The third-order valence-electron chi connectivity index (χ3n) is 1.53. The first-order valence-corrected chi connectivity index (χ1v) is 4.07. The van der Waals surface area contributed by atoms with E-state index in [4.69, 9.17) is 6.42 Å². The Morgan fingerprint density at radius 2 is 2.15 bits per heavy atom. The lowest BCUT2D eigenvalue weighted by molar-refractivity contribution is 0.938. The lowest BCUT2D eigenvalue weighted by Crippen LogP contribution is -2.04. The number of terminal acetylenes is 1.